The molecule has 0 spiro atoms. The topological polar surface area (TPSA) is 46.2 Å². The van der Waals surface area contributed by atoms with E-state index in [1.54, 1.807) is 12.1 Å². The molecule has 112 valence electrons. The van der Waals surface area contributed by atoms with Crippen molar-refractivity contribution in [1.82, 2.24) is 4.72 Å². The molecule has 2 aromatic rings. The van der Waals surface area contributed by atoms with Crippen LogP contribution in [0, 0.1) is 0 Å². The monoisotopic (exact) mass is 303 g/mol. The van der Waals surface area contributed by atoms with E-state index >= 15 is 0 Å². The van der Waals surface area contributed by atoms with Gasteiger partial charge in [-0.25, -0.2) is 13.1 Å². The zero-order chi connectivity index (χ0) is 15.3. The van der Waals surface area contributed by atoms with Crippen LogP contribution in [0.2, 0.25) is 0 Å². The van der Waals surface area contributed by atoms with Crippen molar-refractivity contribution in [3.63, 3.8) is 0 Å². The van der Waals surface area contributed by atoms with Crippen molar-refractivity contribution >= 4 is 10.0 Å². The molecule has 1 atom stereocenters. The molecular weight excluding hydrogens is 282 g/mol. The molecule has 2 rings (SSSR count). The van der Waals surface area contributed by atoms with Crippen LogP contribution < -0.4 is 4.72 Å². The number of hydrogen-bond acceptors (Lipinski definition) is 2. The van der Waals surface area contributed by atoms with Gasteiger partial charge in [0, 0.05) is 6.04 Å². The van der Waals surface area contributed by atoms with Gasteiger partial charge in [-0.1, -0.05) is 55.8 Å². The van der Waals surface area contributed by atoms with E-state index in [0.29, 0.717) is 4.90 Å². The lowest BCUT2D eigenvalue weighted by atomic mass is 10.1. The first-order chi connectivity index (χ1) is 10.0. The van der Waals surface area contributed by atoms with E-state index in [2.05, 4.69) is 11.6 Å². The van der Waals surface area contributed by atoms with E-state index in [0.717, 1.165) is 24.0 Å². The summed E-state index contributed by atoms with van der Waals surface area (Å²) in [5.74, 6) is 0. The highest BCUT2D eigenvalue weighted by Crippen LogP contribution is 2.17. The van der Waals surface area contributed by atoms with Crippen LogP contribution in [0.5, 0.6) is 0 Å². The van der Waals surface area contributed by atoms with Gasteiger partial charge in [0.25, 0.3) is 0 Å². The first kappa shape index (κ1) is 15.7. The Hall–Kier alpha value is -1.65. The second kappa shape index (κ2) is 6.87. The van der Waals surface area contributed by atoms with Crippen molar-refractivity contribution in [2.75, 3.05) is 0 Å². The predicted octanol–water partition coefficient (Wildman–Crippen LogP) is 3.68. The van der Waals surface area contributed by atoms with E-state index in [-0.39, 0.29) is 6.04 Å². The lowest BCUT2D eigenvalue weighted by Gasteiger charge is -2.14. The normalized spacial score (nSPS) is 13.0. The average molecular weight is 303 g/mol. The second-order valence-electron chi connectivity index (χ2n) is 5.15. The Morgan fingerprint density at radius 1 is 1.00 bits per heavy atom. The Morgan fingerprint density at radius 2 is 1.62 bits per heavy atom. The molecule has 0 aliphatic heterocycles. The molecule has 0 aliphatic carbocycles. The molecule has 0 fully saturated rings. The summed E-state index contributed by atoms with van der Waals surface area (Å²) in [7, 11) is -3.49. The number of aryl methyl sites for hydroxylation is 1. The number of rotatable bonds is 6. The molecule has 0 aromatic heterocycles. The molecule has 0 bridgehead atoms. The molecule has 2 aromatic carbocycles. The zero-order valence-corrected chi connectivity index (χ0v) is 13.2. The summed E-state index contributed by atoms with van der Waals surface area (Å²) in [6, 6.07) is 16.4. The first-order valence-corrected chi connectivity index (χ1v) is 8.67. The van der Waals surface area contributed by atoms with Gasteiger partial charge < -0.3 is 0 Å². The molecule has 21 heavy (non-hydrogen) atoms. The van der Waals surface area contributed by atoms with Crippen molar-refractivity contribution < 1.29 is 8.42 Å². The molecule has 1 N–H and O–H groups in total. The van der Waals surface area contributed by atoms with E-state index in [1.165, 1.54) is 0 Å². The molecule has 0 saturated heterocycles. The van der Waals surface area contributed by atoms with Crippen LogP contribution in [0.1, 0.15) is 37.4 Å². The van der Waals surface area contributed by atoms with Crippen LogP contribution >= 0.6 is 0 Å². The highest BCUT2D eigenvalue weighted by Gasteiger charge is 2.17. The maximum atomic E-state index is 12.4. The molecule has 0 radical (unpaired) electrons. The number of sulfonamides is 1. The maximum Gasteiger partial charge on any atom is 0.241 e. The average Bonchev–Trinajstić information content (AvgIpc) is 2.48. The fraction of sp³-hybridized carbons (Fsp3) is 0.294. The maximum absolute atomic E-state index is 12.4. The predicted molar refractivity (Wildman–Crippen MR) is 85.6 cm³/mol. The van der Waals surface area contributed by atoms with E-state index in [9.17, 15) is 8.42 Å². The zero-order valence-electron chi connectivity index (χ0n) is 12.4. The summed E-state index contributed by atoms with van der Waals surface area (Å²) in [4.78, 5) is 0.310. The number of hydrogen-bond donors (Lipinski definition) is 1. The van der Waals surface area contributed by atoms with Gasteiger partial charge in [-0.2, -0.15) is 0 Å². The number of benzene rings is 2. The standard InChI is InChI=1S/C17H21NO2S/c1-3-7-15-10-12-17(13-11-15)21(19,20)18-14(2)16-8-5-4-6-9-16/h4-6,8-14,18H,3,7H2,1-2H3/t14-/m0/s1. The van der Waals surface area contributed by atoms with Gasteiger partial charge in [0.1, 0.15) is 0 Å². The second-order valence-corrected chi connectivity index (χ2v) is 6.86. The Morgan fingerprint density at radius 3 is 2.19 bits per heavy atom. The summed E-state index contributed by atoms with van der Waals surface area (Å²) < 4.78 is 27.5. The minimum absolute atomic E-state index is 0.258. The van der Waals surface area contributed by atoms with Gasteiger partial charge in [-0.15, -0.1) is 0 Å². The summed E-state index contributed by atoms with van der Waals surface area (Å²) >= 11 is 0. The Labute approximate surface area is 127 Å². The summed E-state index contributed by atoms with van der Waals surface area (Å²) in [5, 5.41) is 0. The van der Waals surface area contributed by atoms with Gasteiger partial charge in [-0.3, -0.25) is 0 Å². The molecule has 0 amide bonds. The summed E-state index contributed by atoms with van der Waals surface area (Å²) in [5.41, 5.74) is 2.11. The SMILES string of the molecule is CCCc1ccc(S(=O)(=O)N[C@@H](C)c2ccccc2)cc1. The Kier molecular flexibility index (Phi) is 5.15. The highest BCUT2D eigenvalue weighted by atomic mass is 32.2. The molecule has 0 heterocycles. The van der Waals surface area contributed by atoms with Crippen LogP contribution in [0.4, 0.5) is 0 Å². The van der Waals surface area contributed by atoms with Crippen molar-refractivity contribution in [1.29, 1.82) is 0 Å². The van der Waals surface area contributed by atoms with Crippen LogP contribution in [0.15, 0.2) is 59.5 Å². The van der Waals surface area contributed by atoms with Gasteiger partial charge >= 0.3 is 0 Å². The van der Waals surface area contributed by atoms with Crippen LogP contribution in [0.3, 0.4) is 0 Å². The van der Waals surface area contributed by atoms with Crippen molar-refractivity contribution in [3.05, 3.63) is 65.7 Å². The largest absolute Gasteiger partial charge is 0.241 e. The van der Waals surface area contributed by atoms with Crippen molar-refractivity contribution in [3.8, 4) is 0 Å². The first-order valence-electron chi connectivity index (χ1n) is 7.19. The molecule has 4 heteroatoms. The van der Waals surface area contributed by atoms with E-state index < -0.39 is 10.0 Å². The molecule has 3 nitrogen and oxygen atoms in total. The summed E-state index contributed by atoms with van der Waals surface area (Å²) in [6.45, 7) is 3.95. The Balaban J connectivity index is 2.14. The fourth-order valence-electron chi connectivity index (χ4n) is 2.23. The lowest BCUT2D eigenvalue weighted by Crippen LogP contribution is -2.26. The van der Waals surface area contributed by atoms with Gasteiger partial charge in [0.2, 0.25) is 10.0 Å². The highest BCUT2D eigenvalue weighted by molar-refractivity contribution is 7.89. The van der Waals surface area contributed by atoms with E-state index in [1.807, 2.05) is 49.4 Å². The van der Waals surface area contributed by atoms with Crippen LogP contribution in [0.25, 0.3) is 0 Å². The minimum Gasteiger partial charge on any atom is -0.207 e. The Bertz CT molecular complexity index is 664. The summed E-state index contributed by atoms with van der Waals surface area (Å²) in [6.07, 6.45) is 2.02. The molecular formula is C17H21NO2S. The van der Waals surface area contributed by atoms with Crippen molar-refractivity contribution in [2.24, 2.45) is 0 Å². The third-order valence-electron chi connectivity index (χ3n) is 3.40. The van der Waals surface area contributed by atoms with E-state index in [4.69, 9.17) is 0 Å². The number of nitrogens with one attached hydrogen (secondary N) is 1. The smallest absolute Gasteiger partial charge is 0.207 e. The third-order valence-corrected chi connectivity index (χ3v) is 4.96. The van der Waals surface area contributed by atoms with Gasteiger partial charge in [0.05, 0.1) is 4.90 Å². The molecule has 0 saturated carbocycles. The minimum atomic E-state index is -3.49. The third kappa shape index (κ3) is 4.16. The van der Waals surface area contributed by atoms with Crippen molar-refractivity contribution in [2.45, 2.75) is 37.6 Å². The molecule has 0 unspecified atom stereocenters. The molecule has 0 aliphatic rings. The quantitative estimate of drug-likeness (QED) is 0.885. The van der Waals surface area contributed by atoms with Crippen LogP contribution in [-0.2, 0) is 16.4 Å². The van der Waals surface area contributed by atoms with Gasteiger partial charge in [-0.05, 0) is 36.6 Å². The van der Waals surface area contributed by atoms with Crippen LogP contribution in [-0.4, -0.2) is 8.42 Å². The lowest BCUT2D eigenvalue weighted by molar-refractivity contribution is 0.567. The fourth-order valence-corrected chi connectivity index (χ4v) is 3.47. The van der Waals surface area contributed by atoms with Gasteiger partial charge in [0.15, 0.2) is 0 Å².